The zero-order valence-electron chi connectivity index (χ0n) is 10.0. The maximum Gasteiger partial charge on any atom is 0.323 e. The van der Waals surface area contributed by atoms with E-state index in [1.807, 2.05) is 6.92 Å². The number of methoxy groups -OCH3 is 1. The molecule has 0 fully saturated rings. The Bertz CT molecular complexity index is 502. The first-order valence-electron chi connectivity index (χ1n) is 5.21. The topological polar surface area (TPSA) is 114 Å². The van der Waals surface area contributed by atoms with Crippen LogP contribution in [0, 0.1) is 0 Å². The number of aromatic nitrogens is 6. The maximum absolute atomic E-state index is 5.58. The summed E-state index contributed by atoms with van der Waals surface area (Å²) in [7, 11) is 1.59. The first-order valence-corrected chi connectivity index (χ1v) is 5.21. The molecule has 2 rings (SSSR count). The molecule has 2 heterocycles. The van der Waals surface area contributed by atoms with Crippen LogP contribution in [0.2, 0.25) is 0 Å². The fraction of sp³-hybridized carbons (Fsp3) is 0.444. The molecular weight excluding hydrogens is 238 g/mol. The summed E-state index contributed by atoms with van der Waals surface area (Å²) in [5.41, 5.74) is 5.58. The molecule has 1 atom stereocenters. The lowest BCUT2D eigenvalue weighted by atomic mass is 10.4. The van der Waals surface area contributed by atoms with E-state index in [2.05, 4.69) is 25.0 Å². The number of anilines is 1. The largest absolute Gasteiger partial charge is 0.458 e. The second kappa shape index (κ2) is 5.36. The summed E-state index contributed by atoms with van der Waals surface area (Å²) in [6.07, 6.45) is 2.63. The fourth-order valence-electron chi connectivity index (χ4n) is 1.28. The summed E-state index contributed by atoms with van der Waals surface area (Å²) in [5, 5.41) is 3.90. The van der Waals surface area contributed by atoms with Crippen molar-refractivity contribution in [3.05, 3.63) is 12.7 Å². The lowest BCUT2D eigenvalue weighted by Gasteiger charge is -2.12. The van der Waals surface area contributed by atoms with Gasteiger partial charge in [-0.15, -0.1) is 0 Å². The molecule has 9 heteroatoms. The molecule has 0 aliphatic rings. The van der Waals surface area contributed by atoms with E-state index in [0.29, 0.717) is 6.61 Å². The van der Waals surface area contributed by atoms with Crippen molar-refractivity contribution in [2.24, 2.45) is 0 Å². The van der Waals surface area contributed by atoms with Gasteiger partial charge in [0.15, 0.2) is 0 Å². The standard InChI is InChI=1S/C9H13N7O2/c1-6(3-17-2)18-9-14-7(10)13-8(15-9)16-5-11-4-12-16/h4-6H,3H2,1-2H3,(H2,10,13,14,15). The lowest BCUT2D eigenvalue weighted by Crippen LogP contribution is -2.20. The van der Waals surface area contributed by atoms with Crippen molar-refractivity contribution in [3.63, 3.8) is 0 Å². The van der Waals surface area contributed by atoms with Crippen LogP contribution in [-0.2, 0) is 4.74 Å². The van der Waals surface area contributed by atoms with E-state index in [9.17, 15) is 0 Å². The first kappa shape index (κ1) is 12.2. The van der Waals surface area contributed by atoms with Crippen LogP contribution in [0.1, 0.15) is 6.92 Å². The normalized spacial score (nSPS) is 12.3. The minimum absolute atomic E-state index is 0.0510. The summed E-state index contributed by atoms with van der Waals surface area (Å²) in [6.45, 7) is 2.25. The summed E-state index contributed by atoms with van der Waals surface area (Å²) >= 11 is 0. The maximum atomic E-state index is 5.58. The Morgan fingerprint density at radius 2 is 2.22 bits per heavy atom. The average molecular weight is 251 g/mol. The molecule has 0 aliphatic heterocycles. The van der Waals surface area contributed by atoms with Gasteiger partial charge in [0.1, 0.15) is 18.8 Å². The van der Waals surface area contributed by atoms with Crippen LogP contribution in [0.3, 0.4) is 0 Å². The Labute approximate surface area is 103 Å². The third-order valence-corrected chi connectivity index (χ3v) is 1.95. The van der Waals surface area contributed by atoms with Gasteiger partial charge in [-0.25, -0.2) is 4.98 Å². The Hall–Kier alpha value is -2.29. The second-order valence-corrected chi connectivity index (χ2v) is 3.50. The first-order chi connectivity index (χ1) is 8.69. The van der Waals surface area contributed by atoms with Crippen molar-refractivity contribution >= 4 is 5.95 Å². The van der Waals surface area contributed by atoms with Gasteiger partial charge in [-0.3, -0.25) is 0 Å². The quantitative estimate of drug-likeness (QED) is 0.752. The highest BCUT2D eigenvalue weighted by Gasteiger charge is 2.11. The van der Waals surface area contributed by atoms with Gasteiger partial charge in [-0.1, -0.05) is 0 Å². The number of nitrogens with zero attached hydrogens (tertiary/aromatic N) is 6. The molecule has 2 aromatic rings. The minimum atomic E-state index is -0.194. The van der Waals surface area contributed by atoms with E-state index in [1.165, 1.54) is 17.3 Å². The van der Waals surface area contributed by atoms with E-state index >= 15 is 0 Å². The zero-order valence-corrected chi connectivity index (χ0v) is 10.0. The van der Waals surface area contributed by atoms with Gasteiger partial charge in [0, 0.05) is 7.11 Å². The minimum Gasteiger partial charge on any atom is -0.458 e. The molecular formula is C9H13N7O2. The lowest BCUT2D eigenvalue weighted by molar-refractivity contribution is 0.0854. The van der Waals surface area contributed by atoms with Crippen LogP contribution in [-0.4, -0.2) is 49.5 Å². The number of nitrogen functional groups attached to an aromatic ring is 1. The molecule has 9 nitrogen and oxygen atoms in total. The predicted molar refractivity (Wildman–Crippen MR) is 61.1 cm³/mol. The summed E-state index contributed by atoms with van der Waals surface area (Å²) in [4.78, 5) is 15.7. The SMILES string of the molecule is COCC(C)Oc1nc(N)nc(-n2cncn2)n1. The molecule has 0 spiro atoms. The number of rotatable bonds is 5. The highest BCUT2D eigenvalue weighted by molar-refractivity contribution is 5.24. The van der Waals surface area contributed by atoms with E-state index in [4.69, 9.17) is 15.2 Å². The number of nitrogens with two attached hydrogens (primary N) is 1. The van der Waals surface area contributed by atoms with Gasteiger partial charge in [0.05, 0.1) is 6.61 Å². The Morgan fingerprint density at radius 1 is 1.39 bits per heavy atom. The van der Waals surface area contributed by atoms with Crippen molar-refractivity contribution in [2.45, 2.75) is 13.0 Å². The van der Waals surface area contributed by atoms with Crippen LogP contribution in [0.25, 0.3) is 5.95 Å². The van der Waals surface area contributed by atoms with E-state index in [1.54, 1.807) is 7.11 Å². The van der Waals surface area contributed by atoms with E-state index in [0.717, 1.165) is 0 Å². The molecule has 0 radical (unpaired) electrons. The highest BCUT2D eigenvalue weighted by Crippen LogP contribution is 2.09. The van der Waals surface area contributed by atoms with Gasteiger partial charge >= 0.3 is 6.01 Å². The number of hydrogen-bond donors (Lipinski definition) is 1. The molecule has 96 valence electrons. The van der Waals surface area contributed by atoms with E-state index < -0.39 is 0 Å². The zero-order chi connectivity index (χ0) is 13.0. The molecule has 18 heavy (non-hydrogen) atoms. The van der Waals surface area contributed by atoms with E-state index in [-0.39, 0.29) is 24.0 Å². The van der Waals surface area contributed by atoms with Crippen LogP contribution >= 0.6 is 0 Å². The smallest absolute Gasteiger partial charge is 0.323 e. The van der Waals surface area contributed by atoms with Crippen molar-refractivity contribution in [2.75, 3.05) is 19.5 Å². The molecule has 0 bridgehead atoms. The average Bonchev–Trinajstić information content (AvgIpc) is 2.81. The fourth-order valence-corrected chi connectivity index (χ4v) is 1.28. The van der Waals surface area contributed by atoms with Crippen molar-refractivity contribution < 1.29 is 9.47 Å². The van der Waals surface area contributed by atoms with Gasteiger partial charge in [-0.2, -0.15) is 24.7 Å². The van der Waals surface area contributed by atoms with Crippen molar-refractivity contribution in [1.29, 1.82) is 0 Å². The van der Waals surface area contributed by atoms with Gasteiger partial charge in [-0.05, 0) is 6.92 Å². The Morgan fingerprint density at radius 3 is 2.89 bits per heavy atom. The second-order valence-electron chi connectivity index (χ2n) is 3.50. The van der Waals surface area contributed by atoms with Crippen LogP contribution in [0.4, 0.5) is 5.95 Å². The van der Waals surface area contributed by atoms with Crippen LogP contribution < -0.4 is 10.5 Å². The Balaban J connectivity index is 2.22. The molecule has 0 aliphatic carbocycles. The van der Waals surface area contributed by atoms with Gasteiger partial charge in [0.2, 0.25) is 5.95 Å². The predicted octanol–water partition coefficient (Wildman–Crippen LogP) is -0.552. The summed E-state index contributed by atoms with van der Waals surface area (Å²) in [6, 6.07) is 0.123. The van der Waals surface area contributed by atoms with Crippen LogP contribution in [0.5, 0.6) is 6.01 Å². The van der Waals surface area contributed by atoms with Crippen LogP contribution in [0.15, 0.2) is 12.7 Å². The monoisotopic (exact) mass is 251 g/mol. The molecule has 0 aromatic carbocycles. The van der Waals surface area contributed by atoms with Crippen molar-refractivity contribution in [3.8, 4) is 12.0 Å². The number of hydrogen-bond acceptors (Lipinski definition) is 8. The molecule has 1 unspecified atom stereocenters. The highest BCUT2D eigenvalue weighted by atomic mass is 16.5. The molecule has 0 saturated heterocycles. The van der Waals surface area contributed by atoms with Gasteiger partial charge in [0.25, 0.3) is 5.95 Å². The molecule has 2 aromatic heterocycles. The Kier molecular flexibility index (Phi) is 3.63. The molecule has 2 N–H and O–H groups in total. The molecule has 0 amide bonds. The third kappa shape index (κ3) is 2.88. The third-order valence-electron chi connectivity index (χ3n) is 1.95. The molecule has 0 saturated carbocycles. The van der Waals surface area contributed by atoms with Gasteiger partial charge < -0.3 is 15.2 Å². The summed E-state index contributed by atoms with van der Waals surface area (Å²) in [5.74, 6) is 0.301. The van der Waals surface area contributed by atoms with Crippen molar-refractivity contribution in [1.82, 2.24) is 29.7 Å². The summed E-state index contributed by atoms with van der Waals surface area (Å²) < 4.78 is 11.8. The number of ether oxygens (including phenoxy) is 2.